The van der Waals surface area contributed by atoms with Crippen molar-refractivity contribution in [2.45, 2.75) is 19.3 Å². The van der Waals surface area contributed by atoms with E-state index in [0.717, 1.165) is 18.7 Å². The number of likely N-dealkylation sites (tertiary alicyclic amines) is 1. The smallest absolute Gasteiger partial charge is 0.105 e. The minimum Gasteiger partial charge on any atom is -0.363 e. The van der Waals surface area contributed by atoms with E-state index in [1.54, 1.807) is 0 Å². The van der Waals surface area contributed by atoms with Crippen LogP contribution in [0, 0.1) is 0 Å². The molecule has 0 spiro atoms. The van der Waals surface area contributed by atoms with E-state index in [0.29, 0.717) is 0 Å². The van der Waals surface area contributed by atoms with Gasteiger partial charge >= 0.3 is 0 Å². The number of rotatable bonds is 2. The lowest BCUT2D eigenvalue weighted by molar-refractivity contribution is 0.434. The van der Waals surface area contributed by atoms with E-state index >= 15 is 0 Å². The zero-order valence-corrected chi connectivity index (χ0v) is 11.9. The molecule has 1 fully saturated rings. The molecule has 1 aliphatic heterocycles. The van der Waals surface area contributed by atoms with E-state index in [4.69, 9.17) is 4.99 Å². The van der Waals surface area contributed by atoms with Crippen LogP contribution in [-0.2, 0) is 0 Å². The molecule has 1 aliphatic rings. The number of para-hydroxylation sites is 1. The fourth-order valence-electron chi connectivity index (χ4n) is 2.67. The van der Waals surface area contributed by atoms with Crippen molar-refractivity contribution in [2.75, 3.05) is 13.6 Å². The van der Waals surface area contributed by atoms with Crippen LogP contribution in [0.5, 0.6) is 0 Å². The Morgan fingerprint density at radius 3 is 2.45 bits per heavy atom. The molecule has 102 valence electrons. The average Bonchev–Trinajstić information content (AvgIpc) is 2.51. The van der Waals surface area contributed by atoms with Gasteiger partial charge in [-0.15, -0.1) is 0 Å². The predicted octanol–water partition coefficient (Wildman–Crippen LogP) is 4.50. The summed E-state index contributed by atoms with van der Waals surface area (Å²) < 4.78 is 0. The number of benzene rings is 2. The number of piperidine rings is 1. The van der Waals surface area contributed by atoms with Crippen molar-refractivity contribution in [3.8, 4) is 11.1 Å². The highest BCUT2D eigenvalue weighted by Gasteiger charge is 2.13. The zero-order valence-electron chi connectivity index (χ0n) is 11.9. The number of amidine groups is 1. The van der Waals surface area contributed by atoms with Gasteiger partial charge in [-0.1, -0.05) is 48.5 Å². The third-order valence-electron chi connectivity index (χ3n) is 3.82. The Hall–Kier alpha value is -2.09. The fourth-order valence-corrected chi connectivity index (χ4v) is 2.67. The molecule has 2 nitrogen and oxygen atoms in total. The van der Waals surface area contributed by atoms with Crippen molar-refractivity contribution in [1.82, 2.24) is 4.90 Å². The highest BCUT2D eigenvalue weighted by molar-refractivity contribution is 5.88. The minimum atomic E-state index is 1.07. The maximum Gasteiger partial charge on any atom is 0.105 e. The van der Waals surface area contributed by atoms with Gasteiger partial charge in [-0.25, -0.2) is 4.99 Å². The monoisotopic (exact) mass is 264 g/mol. The lowest BCUT2D eigenvalue weighted by atomic mass is 10.0. The van der Waals surface area contributed by atoms with E-state index in [1.165, 1.54) is 29.8 Å². The predicted molar refractivity (Wildman–Crippen MR) is 85.5 cm³/mol. The van der Waals surface area contributed by atoms with Crippen molar-refractivity contribution < 1.29 is 0 Å². The van der Waals surface area contributed by atoms with Gasteiger partial charge in [0.2, 0.25) is 0 Å². The summed E-state index contributed by atoms with van der Waals surface area (Å²) in [7, 11) is 2.14. The molecule has 0 unspecified atom stereocenters. The zero-order chi connectivity index (χ0) is 13.8. The van der Waals surface area contributed by atoms with Crippen molar-refractivity contribution in [2.24, 2.45) is 4.99 Å². The molecule has 2 aromatic carbocycles. The number of nitrogens with zero attached hydrogens (tertiary/aromatic N) is 2. The van der Waals surface area contributed by atoms with Gasteiger partial charge in [0.25, 0.3) is 0 Å². The Morgan fingerprint density at radius 2 is 1.65 bits per heavy atom. The van der Waals surface area contributed by atoms with Gasteiger partial charge in [0, 0.05) is 25.6 Å². The summed E-state index contributed by atoms with van der Waals surface area (Å²) in [5, 5.41) is 0. The second-order valence-electron chi connectivity index (χ2n) is 5.29. The molecule has 0 radical (unpaired) electrons. The molecule has 0 aromatic heterocycles. The van der Waals surface area contributed by atoms with E-state index < -0.39 is 0 Å². The van der Waals surface area contributed by atoms with Crippen LogP contribution >= 0.6 is 0 Å². The second-order valence-corrected chi connectivity index (χ2v) is 5.29. The first-order valence-corrected chi connectivity index (χ1v) is 7.28. The minimum absolute atomic E-state index is 1.07. The van der Waals surface area contributed by atoms with Gasteiger partial charge in [0.15, 0.2) is 0 Å². The first-order chi connectivity index (χ1) is 9.84. The molecule has 3 rings (SSSR count). The van der Waals surface area contributed by atoms with E-state index in [2.05, 4.69) is 60.5 Å². The number of aliphatic imine (C=N–C) groups is 1. The standard InChI is InChI=1S/C18H20N2/c1-20-14-8-7-13-18(20)19-17-12-6-5-11-16(17)15-9-3-2-4-10-15/h2-6,9-12H,7-8,13-14H2,1H3. The Bertz CT molecular complexity index is 602. The molecule has 0 bridgehead atoms. The Morgan fingerprint density at radius 1 is 0.900 bits per heavy atom. The Kier molecular flexibility index (Phi) is 3.82. The summed E-state index contributed by atoms with van der Waals surface area (Å²) in [5.74, 6) is 1.21. The van der Waals surface area contributed by atoms with E-state index in [1.807, 2.05) is 6.07 Å². The second kappa shape index (κ2) is 5.91. The highest BCUT2D eigenvalue weighted by Crippen LogP contribution is 2.30. The molecule has 1 heterocycles. The maximum atomic E-state index is 4.92. The molecule has 0 atom stereocenters. The van der Waals surface area contributed by atoms with E-state index in [-0.39, 0.29) is 0 Å². The molecule has 1 saturated heterocycles. The molecule has 0 N–H and O–H groups in total. The molecule has 0 amide bonds. The topological polar surface area (TPSA) is 15.6 Å². The molecule has 0 aliphatic carbocycles. The van der Waals surface area contributed by atoms with Gasteiger partial charge in [-0.2, -0.15) is 0 Å². The first-order valence-electron chi connectivity index (χ1n) is 7.28. The van der Waals surface area contributed by atoms with Gasteiger partial charge < -0.3 is 4.90 Å². The van der Waals surface area contributed by atoms with Gasteiger partial charge in [-0.05, 0) is 24.5 Å². The van der Waals surface area contributed by atoms with Crippen LogP contribution in [0.25, 0.3) is 11.1 Å². The van der Waals surface area contributed by atoms with Crippen LogP contribution < -0.4 is 0 Å². The Labute approximate surface area is 120 Å². The fraction of sp³-hybridized carbons (Fsp3) is 0.278. The van der Waals surface area contributed by atoms with Crippen LogP contribution in [0.1, 0.15) is 19.3 Å². The van der Waals surface area contributed by atoms with Crippen LogP contribution in [-0.4, -0.2) is 24.3 Å². The van der Waals surface area contributed by atoms with Crippen molar-refractivity contribution in [3.05, 3.63) is 54.6 Å². The van der Waals surface area contributed by atoms with Crippen LogP contribution in [0.15, 0.2) is 59.6 Å². The molecule has 20 heavy (non-hydrogen) atoms. The number of hydrogen-bond donors (Lipinski definition) is 0. The number of hydrogen-bond acceptors (Lipinski definition) is 1. The largest absolute Gasteiger partial charge is 0.363 e. The summed E-state index contributed by atoms with van der Waals surface area (Å²) in [6, 6.07) is 18.9. The lowest BCUT2D eigenvalue weighted by Crippen LogP contribution is -2.31. The normalized spacial score (nSPS) is 17.4. The van der Waals surface area contributed by atoms with E-state index in [9.17, 15) is 0 Å². The van der Waals surface area contributed by atoms with Crippen molar-refractivity contribution >= 4 is 11.5 Å². The summed E-state index contributed by atoms with van der Waals surface area (Å²) in [4.78, 5) is 7.20. The molecule has 2 heteroatoms. The van der Waals surface area contributed by atoms with Crippen LogP contribution in [0.4, 0.5) is 5.69 Å². The molecule has 0 saturated carbocycles. The molecule has 2 aromatic rings. The Balaban J connectivity index is 2.00. The van der Waals surface area contributed by atoms with Crippen molar-refractivity contribution in [3.63, 3.8) is 0 Å². The summed E-state index contributed by atoms with van der Waals surface area (Å²) in [5.41, 5.74) is 3.51. The first kappa shape index (κ1) is 12.9. The van der Waals surface area contributed by atoms with Crippen LogP contribution in [0.2, 0.25) is 0 Å². The summed E-state index contributed by atoms with van der Waals surface area (Å²) in [6.45, 7) is 1.12. The molecular weight excluding hydrogens is 244 g/mol. The lowest BCUT2D eigenvalue weighted by Gasteiger charge is -2.26. The van der Waals surface area contributed by atoms with Crippen molar-refractivity contribution in [1.29, 1.82) is 0 Å². The summed E-state index contributed by atoms with van der Waals surface area (Å²) >= 11 is 0. The highest BCUT2D eigenvalue weighted by atomic mass is 15.2. The average molecular weight is 264 g/mol. The third-order valence-corrected chi connectivity index (χ3v) is 3.82. The molecular formula is C18H20N2. The third kappa shape index (κ3) is 2.74. The SMILES string of the molecule is CN1CCCCC1=Nc1ccccc1-c1ccccc1. The summed E-state index contributed by atoms with van der Waals surface area (Å²) in [6.07, 6.45) is 3.60. The maximum absolute atomic E-state index is 4.92. The van der Waals surface area contributed by atoms with Gasteiger partial charge in [0.1, 0.15) is 5.84 Å². The van der Waals surface area contributed by atoms with Gasteiger partial charge in [-0.3, -0.25) is 0 Å². The van der Waals surface area contributed by atoms with Crippen LogP contribution in [0.3, 0.4) is 0 Å². The van der Waals surface area contributed by atoms with Gasteiger partial charge in [0.05, 0.1) is 5.69 Å². The quantitative estimate of drug-likeness (QED) is 0.779.